The molecule has 1 amide bonds. The van der Waals surface area contributed by atoms with Crippen molar-refractivity contribution in [2.45, 2.75) is 31.1 Å². The van der Waals surface area contributed by atoms with E-state index in [0.29, 0.717) is 17.7 Å². The number of halogens is 3. The van der Waals surface area contributed by atoms with Crippen LogP contribution in [0.5, 0.6) is 0 Å². The van der Waals surface area contributed by atoms with Crippen LogP contribution in [0.2, 0.25) is 0 Å². The Morgan fingerprint density at radius 2 is 1.87 bits per heavy atom. The zero-order valence-corrected chi connectivity index (χ0v) is 14.8. The van der Waals surface area contributed by atoms with Crippen molar-refractivity contribution in [1.82, 2.24) is 5.32 Å². The Hall–Kier alpha value is -1.27. The first-order valence-corrected chi connectivity index (χ1v) is 9.16. The average molecular weight is 400 g/mol. The van der Waals surface area contributed by atoms with Gasteiger partial charge >= 0.3 is 0 Å². The van der Waals surface area contributed by atoms with Crippen LogP contribution in [0, 0.1) is 11.6 Å². The van der Waals surface area contributed by atoms with Crippen molar-refractivity contribution < 1.29 is 13.6 Å². The van der Waals surface area contributed by atoms with E-state index in [0.717, 1.165) is 17.3 Å². The maximum atomic E-state index is 14.3. The fourth-order valence-electron chi connectivity index (χ4n) is 3.36. The Morgan fingerprint density at radius 1 is 1.22 bits per heavy atom. The van der Waals surface area contributed by atoms with E-state index in [1.165, 1.54) is 29.5 Å². The lowest BCUT2D eigenvalue weighted by Crippen LogP contribution is -2.40. The Bertz CT molecular complexity index is 705. The van der Waals surface area contributed by atoms with Crippen molar-refractivity contribution in [3.63, 3.8) is 0 Å². The molecule has 1 N–H and O–H groups in total. The summed E-state index contributed by atoms with van der Waals surface area (Å²) in [6.45, 7) is 0.244. The van der Waals surface area contributed by atoms with E-state index in [1.54, 1.807) is 6.07 Å². The Morgan fingerprint density at radius 3 is 2.43 bits per heavy atom. The highest BCUT2D eigenvalue weighted by atomic mass is 79.9. The monoisotopic (exact) mass is 399 g/mol. The smallest absolute Gasteiger partial charge is 0.262 e. The van der Waals surface area contributed by atoms with Gasteiger partial charge in [-0.2, -0.15) is 0 Å². The van der Waals surface area contributed by atoms with Gasteiger partial charge in [-0.1, -0.05) is 18.9 Å². The number of benzene rings is 1. The van der Waals surface area contributed by atoms with E-state index in [1.807, 2.05) is 5.38 Å². The zero-order valence-electron chi connectivity index (χ0n) is 12.4. The third-order valence-corrected chi connectivity index (χ3v) is 6.30. The van der Waals surface area contributed by atoms with Gasteiger partial charge in [0.25, 0.3) is 5.91 Å². The first-order chi connectivity index (χ1) is 11.0. The van der Waals surface area contributed by atoms with Gasteiger partial charge in [0.05, 0.1) is 0 Å². The summed E-state index contributed by atoms with van der Waals surface area (Å²) in [5, 5.41) is 4.69. The van der Waals surface area contributed by atoms with E-state index >= 15 is 0 Å². The third kappa shape index (κ3) is 3.19. The highest BCUT2D eigenvalue weighted by Crippen LogP contribution is 2.43. The number of amides is 1. The molecule has 1 aromatic carbocycles. The van der Waals surface area contributed by atoms with Crippen LogP contribution in [-0.4, -0.2) is 12.5 Å². The minimum atomic E-state index is -0.658. The fraction of sp³-hybridized carbons (Fsp3) is 0.353. The summed E-state index contributed by atoms with van der Waals surface area (Å²) >= 11 is 4.67. The lowest BCUT2D eigenvalue weighted by molar-refractivity contribution is 0.0945. The van der Waals surface area contributed by atoms with Crippen molar-refractivity contribution in [2.24, 2.45) is 0 Å². The second kappa shape index (κ2) is 6.69. The maximum Gasteiger partial charge on any atom is 0.262 e. The first-order valence-electron chi connectivity index (χ1n) is 7.49. The van der Waals surface area contributed by atoms with Crippen molar-refractivity contribution >= 4 is 33.2 Å². The third-order valence-electron chi connectivity index (χ3n) is 4.46. The summed E-state index contributed by atoms with van der Waals surface area (Å²) in [4.78, 5) is 12.9. The molecule has 3 rings (SSSR count). The molecule has 6 heteroatoms. The molecule has 0 atom stereocenters. The zero-order chi connectivity index (χ0) is 16.4. The number of carbonyl (C=O) groups is 1. The van der Waals surface area contributed by atoms with E-state index in [-0.39, 0.29) is 18.0 Å². The van der Waals surface area contributed by atoms with E-state index < -0.39 is 17.0 Å². The van der Waals surface area contributed by atoms with Gasteiger partial charge in [0, 0.05) is 22.0 Å². The standard InChI is InChI=1S/C17H16BrF2NOS/c18-11-6-9-23-15(11)16(22)21-10-17(7-1-2-8-17)14-12(19)4-3-5-13(14)20/h3-6,9H,1-2,7-8,10H2,(H,21,22). The van der Waals surface area contributed by atoms with Crippen LogP contribution < -0.4 is 5.32 Å². The summed E-state index contributed by atoms with van der Waals surface area (Å²) < 4.78 is 29.2. The first kappa shape index (κ1) is 16.6. The summed E-state index contributed by atoms with van der Waals surface area (Å²) in [5.74, 6) is -1.27. The summed E-state index contributed by atoms with van der Waals surface area (Å²) in [6, 6.07) is 5.76. The predicted molar refractivity (Wildman–Crippen MR) is 90.9 cm³/mol. The van der Waals surface area contributed by atoms with Crippen molar-refractivity contribution in [3.05, 3.63) is 56.2 Å². The van der Waals surface area contributed by atoms with Gasteiger partial charge in [0.1, 0.15) is 16.5 Å². The van der Waals surface area contributed by atoms with Gasteiger partial charge in [-0.3, -0.25) is 4.79 Å². The molecule has 0 aliphatic heterocycles. The van der Waals surface area contributed by atoms with Crippen LogP contribution in [0.25, 0.3) is 0 Å². The summed E-state index contributed by atoms with van der Waals surface area (Å²) in [5.41, 5.74) is -0.544. The quantitative estimate of drug-likeness (QED) is 0.767. The molecule has 1 aliphatic carbocycles. The Labute approximate surface area is 146 Å². The van der Waals surface area contributed by atoms with Crippen LogP contribution in [0.1, 0.15) is 40.9 Å². The lowest BCUT2D eigenvalue weighted by atomic mass is 9.78. The van der Waals surface area contributed by atoms with Crippen LogP contribution in [-0.2, 0) is 5.41 Å². The maximum absolute atomic E-state index is 14.3. The molecule has 2 aromatic rings. The fourth-order valence-corrected chi connectivity index (χ4v) is 4.82. The van der Waals surface area contributed by atoms with Crippen LogP contribution >= 0.6 is 27.3 Å². The Balaban J connectivity index is 1.85. The molecule has 2 nitrogen and oxygen atoms in total. The molecule has 122 valence electrons. The topological polar surface area (TPSA) is 29.1 Å². The number of nitrogens with one attached hydrogen (secondary N) is 1. The molecule has 0 radical (unpaired) electrons. The number of rotatable bonds is 4. The second-order valence-corrected chi connectivity index (χ2v) is 7.63. The van der Waals surface area contributed by atoms with Gasteiger partial charge in [-0.05, 0) is 52.4 Å². The molecule has 0 unspecified atom stereocenters. The predicted octanol–water partition coefficient (Wildman–Crippen LogP) is 5.03. The minimum Gasteiger partial charge on any atom is -0.350 e. The van der Waals surface area contributed by atoms with Gasteiger partial charge in [0.15, 0.2) is 0 Å². The Kier molecular flexibility index (Phi) is 4.82. The molecule has 1 fully saturated rings. The molecule has 1 heterocycles. The highest BCUT2D eigenvalue weighted by Gasteiger charge is 2.40. The van der Waals surface area contributed by atoms with Crippen LogP contribution in [0.15, 0.2) is 34.1 Å². The van der Waals surface area contributed by atoms with E-state index in [4.69, 9.17) is 0 Å². The van der Waals surface area contributed by atoms with Gasteiger partial charge < -0.3 is 5.32 Å². The minimum absolute atomic E-state index is 0.114. The molecule has 0 saturated heterocycles. The van der Waals surface area contributed by atoms with Crippen LogP contribution in [0.4, 0.5) is 8.78 Å². The molecule has 23 heavy (non-hydrogen) atoms. The molecular weight excluding hydrogens is 384 g/mol. The van der Waals surface area contributed by atoms with E-state index in [9.17, 15) is 13.6 Å². The number of hydrogen-bond acceptors (Lipinski definition) is 2. The molecule has 1 aromatic heterocycles. The largest absolute Gasteiger partial charge is 0.350 e. The molecule has 1 aliphatic rings. The normalized spacial score (nSPS) is 16.5. The van der Waals surface area contributed by atoms with E-state index in [2.05, 4.69) is 21.2 Å². The van der Waals surface area contributed by atoms with Crippen molar-refractivity contribution in [1.29, 1.82) is 0 Å². The number of carbonyl (C=O) groups excluding carboxylic acids is 1. The van der Waals surface area contributed by atoms with Crippen molar-refractivity contribution in [3.8, 4) is 0 Å². The number of thiophene rings is 1. The lowest BCUT2D eigenvalue weighted by Gasteiger charge is -2.30. The summed E-state index contributed by atoms with van der Waals surface area (Å²) in [6.07, 6.45) is 3.17. The van der Waals surface area contributed by atoms with Crippen molar-refractivity contribution in [2.75, 3.05) is 6.54 Å². The SMILES string of the molecule is O=C(NCC1(c2c(F)cccc2F)CCCC1)c1sccc1Br. The molecule has 0 spiro atoms. The van der Waals surface area contributed by atoms with Gasteiger partial charge in [-0.15, -0.1) is 11.3 Å². The number of hydrogen-bond donors (Lipinski definition) is 1. The summed E-state index contributed by atoms with van der Waals surface area (Å²) in [7, 11) is 0. The van der Waals surface area contributed by atoms with Crippen LogP contribution in [0.3, 0.4) is 0 Å². The average Bonchev–Trinajstić information content (AvgIpc) is 3.15. The van der Waals surface area contributed by atoms with Gasteiger partial charge in [-0.25, -0.2) is 8.78 Å². The molecule has 0 bridgehead atoms. The molecule has 1 saturated carbocycles. The van der Waals surface area contributed by atoms with Gasteiger partial charge in [0.2, 0.25) is 0 Å². The highest BCUT2D eigenvalue weighted by molar-refractivity contribution is 9.10. The molecular formula is C17H16BrF2NOS. The second-order valence-electron chi connectivity index (χ2n) is 5.86.